The van der Waals surface area contributed by atoms with E-state index in [-0.39, 0.29) is 12.1 Å². The molecule has 5 nitrogen and oxygen atoms in total. The fraction of sp³-hybridized carbons (Fsp3) is 0.600. The van der Waals surface area contributed by atoms with Crippen molar-refractivity contribution < 1.29 is 8.42 Å². The standard InChI is InChI=1S/C15H25N3O2S/c1-11-9-14(7-8-18(11)3)17-21(19,20)15-6-4-5-13(10-15)12(2)16/h4-6,10-12,14,17H,7-9,16H2,1-3H3. The molecular weight excluding hydrogens is 286 g/mol. The minimum absolute atomic E-state index is 0.000145. The van der Waals surface area contributed by atoms with Crippen molar-refractivity contribution in [3.63, 3.8) is 0 Å². The van der Waals surface area contributed by atoms with Crippen molar-refractivity contribution in [1.82, 2.24) is 9.62 Å². The van der Waals surface area contributed by atoms with Crippen LogP contribution in [0.4, 0.5) is 0 Å². The number of rotatable bonds is 4. The molecule has 0 bridgehead atoms. The third kappa shape index (κ3) is 4.03. The summed E-state index contributed by atoms with van der Waals surface area (Å²) in [7, 11) is -1.41. The Balaban J connectivity index is 2.13. The fourth-order valence-electron chi connectivity index (χ4n) is 2.65. The third-order valence-corrected chi connectivity index (χ3v) is 5.74. The molecule has 0 aliphatic carbocycles. The lowest BCUT2D eigenvalue weighted by molar-refractivity contribution is 0.178. The van der Waals surface area contributed by atoms with Crippen molar-refractivity contribution in [3.8, 4) is 0 Å². The monoisotopic (exact) mass is 311 g/mol. The zero-order valence-corrected chi connectivity index (χ0v) is 13.7. The molecule has 1 heterocycles. The average Bonchev–Trinajstić information content (AvgIpc) is 2.43. The molecule has 0 spiro atoms. The Morgan fingerprint density at radius 1 is 1.43 bits per heavy atom. The van der Waals surface area contributed by atoms with E-state index < -0.39 is 10.0 Å². The number of hydrogen-bond acceptors (Lipinski definition) is 4. The van der Waals surface area contributed by atoms with Crippen LogP contribution in [0.1, 0.15) is 38.3 Å². The van der Waals surface area contributed by atoms with Crippen LogP contribution in [0.15, 0.2) is 29.2 Å². The highest BCUT2D eigenvalue weighted by molar-refractivity contribution is 7.89. The Morgan fingerprint density at radius 3 is 2.76 bits per heavy atom. The minimum Gasteiger partial charge on any atom is -0.324 e. The predicted molar refractivity (Wildman–Crippen MR) is 84.5 cm³/mol. The topological polar surface area (TPSA) is 75.4 Å². The van der Waals surface area contributed by atoms with E-state index in [0.717, 1.165) is 24.9 Å². The number of nitrogens with zero attached hydrogens (tertiary/aromatic N) is 1. The molecule has 1 saturated heterocycles. The van der Waals surface area contributed by atoms with E-state index >= 15 is 0 Å². The lowest BCUT2D eigenvalue weighted by Gasteiger charge is -2.35. The van der Waals surface area contributed by atoms with Crippen LogP contribution in [-0.2, 0) is 10.0 Å². The van der Waals surface area contributed by atoms with Crippen LogP contribution in [0.25, 0.3) is 0 Å². The summed E-state index contributed by atoms with van der Waals surface area (Å²) in [6.45, 7) is 4.88. The largest absolute Gasteiger partial charge is 0.324 e. The van der Waals surface area contributed by atoms with E-state index in [1.54, 1.807) is 18.2 Å². The highest BCUT2D eigenvalue weighted by atomic mass is 32.2. The van der Waals surface area contributed by atoms with Gasteiger partial charge in [0, 0.05) is 18.1 Å². The van der Waals surface area contributed by atoms with Crippen molar-refractivity contribution in [2.75, 3.05) is 13.6 Å². The van der Waals surface area contributed by atoms with Crippen LogP contribution in [0.5, 0.6) is 0 Å². The molecule has 0 radical (unpaired) electrons. The minimum atomic E-state index is -3.48. The molecule has 21 heavy (non-hydrogen) atoms. The number of piperidine rings is 1. The second kappa shape index (κ2) is 6.44. The van der Waals surface area contributed by atoms with Gasteiger partial charge in [-0.25, -0.2) is 13.1 Å². The zero-order valence-electron chi connectivity index (χ0n) is 12.9. The van der Waals surface area contributed by atoms with Gasteiger partial charge in [0.1, 0.15) is 0 Å². The predicted octanol–water partition coefficient (Wildman–Crippen LogP) is 1.47. The maximum absolute atomic E-state index is 12.5. The van der Waals surface area contributed by atoms with Crippen LogP contribution in [0, 0.1) is 0 Å². The van der Waals surface area contributed by atoms with Crippen molar-refractivity contribution >= 4 is 10.0 Å². The van der Waals surface area contributed by atoms with Gasteiger partial charge < -0.3 is 10.6 Å². The maximum atomic E-state index is 12.5. The Hall–Kier alpha value is -0.950. The summed E-state index contributed by atoms with van der Waals surface area (Å²) in [4.78, 5) is 2.55. The summed E-state index contributed by atoms with van der Waals surface area (Å²) >= 11 is 0. The fourth-order valence-corrected chi connectivity index (χ4v) is 3.99. The second-order valence-electron chi connectivity index (χ2n) is 6.03. The quantitative estimate of drug-likeness (QED) is 0.883. The molecule has 2 rings (SSSR count). The van der Waals surface area contributed by atoms with E-state index in [2.05, 4.69) is 23.6 Å². The highest BCUT2D eigenvalue weighted by Gasteiger charge is 2.27. The first kappa shape index (κ1) is 16.4. The summed E-state index contributed by atoms with van der Waals surface area (Å²) in [5.41, 5.74) is 6.65. The summed E-state index contributed by atoms with van der Waals surface area (Å²) < 4.78 is 27.8. The van der Waals surface area contributed by atoms with Crippen LogP contribution < -0.4 is 10.5 Å². The lowest BCUT2D eigenvalue weighted by Crippen LogP contribution is -2.47. The Morgan fingerprint density at radius 2 is 2.14 bits per heavy atom. The van der Waals surface area contributed by atoms with Gasteiger partial charge in [0.2, 0.25) is 10.0 Å². The lowest BCUT2D eigenvalue weighted by atomic mass is 10.0. The molecule has 0 saturated carbocycles. The summed E-state index contributed by atoms with van der Waals surface area (Å²) in [5.74, 6) is 0. The highest BCUT2D eigenvalue weighted by Crippen LogP contribution is 2.20. The van der Waals surface area contributed by atoms with Crippen molar-refractivity contribution in [3.05, 3.63) is 29.8 Å². The Labute approximate surface area is 127 Å². The van der Waals surface area contributed by atoms with E-state index in [1.165, 1.54) is 0 Å². The molecule has 1 fully saturated rings. The summed E-state index contributed by atoms with van der Waals surface area (Å²) in [6, 6.07) is 7.08. The van der Waals surface area contributed by atoms with Gasteiger partial charge >= 0.3 is 0 Å². The Kier molecular flexibility index (Phi) is 5.03. The van der Waals surface area contributed by atoms with Crippen LogP contribution >= 0.6 is 0 Å². The molecule has 1 aliphatic rings. The van der Waals surface area contributed by atoms with Gasteiger partial charge in [-0.05, 0) is 58.0 Å². The summed E-state index contributed by atoms with van der Waals surface area (Å²) in [6.07, 6.45) is 1.68. The van der Waals surface area contributed by atoms with E-state index in [9.17, 15) is 8.42 Å². The van der Waals surface area contributed by atoms with Crippen molar-refractivity contribution in [2.45, 2.75) is 49.7 Å². The molecule has 1 aromatic carbocycles. The maximum Gasteiger partial charge on any atom is 0.240 e. The number of likely N-dealkylation sites (tertiary alicyclic amines) is 1. The SMILES string of the molecule is CC(N)c1cccc(S(=O)(=O)NC2CCN(C)C(C)C2)c1. The zero-order chi connectivity index (χ0) is 15.6. The molecule has 1 aromatic rings. The van der Waals surface area contributed by atoms with Crippen LogP contribution in [0.3, 0.4) is 0 Å². The number of nitrogens with one attached hydrogen (secondary N) is 1. The van der Waals surface area contributed by atoms with E-state index in [0.29, 0.717) is 10.9 Å². The van der Waals surface area contributed by atoms with Crippen LogP contribution in [0.2, 0.25) is 0 Å². The van der Waals surface area contributed by atoms with Gasteiger partial charge in [0.15, 0.2) is 0 Å². The molecule has 6 heteroatoms. The first-order valence-corrected chi connectivity index (χ1v) is 8.86. The molecule has 3 atom stereocenters. The van der Waals surface area contributed by atoms with Gasteiger partial charge in [-0.1, -0.05) is 12.1 Å². The van der Waals surface area contributed by atoms with Gasteiger partial charge in [-0.2, -0.15) is 0 Å². The van der Waals surface area contributed by atoms with E-state index in [4.69, 9.17) is 5.73 Å². The number of nitrogens with two attached hydrogens (primary N) is 1. The van der Waals surface area contributed by atoms with Crippen molar-refractivity contribution in [2.24, 2.45) is 5.73 Å². The Bertz CT molecular complexity index is 586. The van der Waals surface area contributed by atoms with Gasteiger partial charge in [0.05, 0.1) is 4.90 Å². The third-order valence-electron chi connectivity index (χ3n) is 4.22. The van der Waals surface area contributed by atoms with Crippen molar-refractivity contribution in [1.29, 1.82) is 0 Å². The number of hydrogen-bond donors (Lipinski definition) is 2. The molecule has 1 aliphatic heterocycles. The summed E-state index contributed by atoms with van der Waals surface area (Å²) in [5, 5.41) is 0. The van der Waals surface area contributed by atoms with Gasteiger partial charge in [-0.15, -0.1) is 0 Å². The van der Waals surface area contributed by atoms with Crippen LogP contribution in [-0.4, -0.2) is 39.0 Å². The molecule has 3 unspecified atom stereocenters. The average molecular weight is 311 g/mol. The van der Waals surface area contributed by atoms with Gasteiger partial charge in [0.25, 0.3) is 0 Å². The first-order chi connectivity index (χ1) is 9.79. The molecule has 0 amide bonds. The molecule has 0 aromatic heterocycles. The van der Waals surface area contributed by atoms with Gasteiger partial charge in [-0.3, -0.25) is 0 Å². The normalized spacial score (nSPS) is 25.7. The molecule has 118 valence electrons. The molecular formula is C15H25N3O2S. The second-order valence-corrected chi connectivity index (χ2v) is 7.75. The number of benzene rings is 1. The number of sulfonamides is 1. The smallest absolute Gasteiger partial charge is 0.240 e. The molecule has 3 N–H and O–H groups in total. The first-order valence-electron chi connectivity index (χ1n) is 7.37. The van der Waals surface area contributed by atoms with E-state index in [1.807, 2.05) is 13.0 Å².